The maximum Gasteiger partial charge on any atom is 0.305 e. The van der Waals surface area contributed by atoms with E-state index >= 15 is 0 Å². The van der Waals surface area contributed by atoms with Crippen LogP contribution in [0.15, 0.2) is 0 Å². The number of rotatable bonds is 5. The van der Waals surface area contributed by atoms with Crippen LogP contribution in [0.4, 0.5) is 0 Å². The Bertz CT molecular complexity index is 406. The zero-order valence-electron chi connectivity index (χ0n) is 11.7. The smallest absolute Gasteiger partial charge is 0.305 e. The van der Waals surface area contributed by atoms with Gasteiger partial charge in [-0.15, -0.1) is 0 Å². The van der Waals surface area contributed by atoms with Crippen LogP contribution in [-0.2, 0) is 9.59 Å². The van der Waals surface area contributed by atoms with Crippen molar-refractivity contribution in [1.29, 1.82) is 0 Å². The van der Waals surface area contributed by atoms with E-state index in [9.17, 15) is 9.59 Å². The predicted octanol–water partition coefficient (Wildman–Crippen LogP) is 2.04. The Morgan fingerprint density at radius 2 is 1.84 bits per heavy atom. The molecule has 4 nitrogen and oxygen atoms in total. The van der Waals surface area contributed by atoms with E-state index in [-0.39, 0.29) is 18.2 Å². The summed E-state index contributed by atoms with van der Waals surface area (Å²) >= 11 is 0. The molecule has 0 aromatic heterocycles. The van der Waals surface area contributed by atoms with Crippen molar-refractivity contribution in [3.8, 4) is 0 Å². The molecule has 3 aliphatic carbocycles. The zero-order valence-corrected chi connectivity index (χ0v) is 11.7. The third-order valence-electron chi connectivity index (χ3n) is 5.78. The Kier molecular flexibility index (Phi) is 2.88. The Balaban J connectivity index is 1.62. The Labute approximate surface area is 113 Å². The van der Waals surface area contributed by atoms with Gasteiger partial charge in [0.2, 0.25) is 5.91 Å². The van der Waals surface area contributed by atoms with Crippen LogP contribution in [-0.4, -0.2) is 22.5 Å². The van der Waals surface area contributed by atoms with Crippen LogP contribution in [0.3, 0.4) is 0 Å². The average molecular weight is 265 g/mol. The van der Waals surface area contributed by atoms with E-state index in [1.165, 1.54) is 19.3 Å². The van der Waals surface area contributed by atoms with Gasteiger partial charge in [-0.3, -0.25) is 9.59 Å². The summed E-state index contributed by atoms with van der Waals surface area (Å²) in [5, 5.41) is 12.0. The molecule has 0 aliphatic heterocycles. The number of fused-ring (bicyclic) bond motifs is 5. The minimum atomic E-state index is -0.847. The van der Waals surface area contributed by atoms with Crippen molar-refractivity contribution in [2.75, 3.05) is 0 Å². The van der Waals surface area contributed by atoms with Gasteiger partial charge in [0.15, 0.2) is 0 Å². The van der Waals surface area contributed by atoms with Gasteiger partial charge < -0.3 is 10.4 Å². The molecule has 0 spiro atoms. The molecule has 19 heavy (non-hydrogen) atoms. The average Bonchev–Trinajstić information content (AvgIpc) is 2.78. The maximum atomic E-state index is 12.4. The summed E-state index contributed by atoms with van der Waals surface area (Å²) in [6, 6.07) is 0. The molecule has 2 bridgehead atoms. The van der Waals surface area contributed by atoms with E-state index in [1.807, 2.05) is 13.8 Å². The number of hydrogen-bond donors (Lipinski definition) is 2. The first-order valence-corrected chi connectivity index (χ1v) is 7.49. The van der Waals surface area contributed by atoms with E-state index in [4.69, 9.17) is 5.11 Å². The molecule has 5 atom stereocenters. The molecule has 2 N–H and O–H groups in total. The van der Waals surface area contributed by atoms with Gasteiger partial charge in [0.25, 0.3) is 0 Å². The standard InChI is InChI=1S/C15H23NO3/c1-3-15(2,7-10(17)18)16-14(19)13-11-8-4-5-9(6-8)12(11)13/h8-9,11-13H,3-7H2,1-2H3,(H,16,19)(H,17,18)/t8-,9-,11-,12-,15+/m0/s1. The van der Waals surface area contributed by atoms with Gasteiger partial charge in [-0.1, -0.05) is 6.92 Å². The fourth-order valence-electron chi connectivity index (χ4n) is 4.65. The summed E-state index contributed by atoms with van der Waals surface area (Å²) in [4.78, 5) is 23.3. The second kappa shape index (κ2) is 4.22. The van der Waals surface area contributed by atoms with Crippen LogP contribution >= 0.6 is 0 Å². The first-order valence-electron chi connectivity index (χ1n) is 7.49. The van der Waals surface area contributed by atoms with Crippen LogP contribution in [0.2, 0.25) is 0 Å². The molecule has 1 amide bonds. The highest BCUT2D eigenvalue weighted by atomic mass is 16.4. The quantitative estimate of drug-likeness (QED) is 0.799. The van der Waals surface area contributed by atoms with Gasteiger partial charge in [0.1, 0.15) is 0 Å². The summed E-state index contributed by atoms with van der Waals surface area (Å²) in [6.45, 7) is 3.77. The Morgan fingerprint density at radius 1 is 1.26 bits per heavy atom. The molecule has 3 rings (SSSR count). The van der Waals surface area contributed by atoms with E-state index < -0.39 is 11.5 Å². The lowest BCUT2D eigenvalue weighted by Gasteiger charge is -2.28. The number of amides is 1. The highest BCUT2D eigenvalue weighted by molar-refractivity contribution is 5.84. The normalized spacial score (nSPS) is 41.5. The largest absolute Gasteiger partial charge is 0.481 e. The number of carbonyl (C=O) groups is 2. The SMILES string of the molecule is CC[C@](C)(CC(=O)O)NC(=O)C1[C@H]2[C@H]3CC[C@@H](C3)[C@H]12. The number of hydrogen-bond acceptors (Lipinski definition) is 2. The van der Waals surface area contributed by atoms with Crippen LogP contribution in [0.1, 0.15) is 46.0 Å². The molecular weight excluding hydrogens is 242 g/mol. The number of carboxylic acids is 1. The second-order valence-corrected chi connectivity index (χ2v) is 6.99. The van der Waals surface area contributed by atoms with E-state index in [0.29, 0.717) is 18.3 Å². The second-order valence-electron chi connectivity index (χ2n) is 6.99. The molecule has 0 unspecified atom stereocenters. The Hall–Kier alpha value is -1.06. The van der Waals surface area contributed by atoms with Gasteiger partial charge in [-0.05, 0) is 56.3 Å². The Morgan fingerprint density at radius 3 is 2.32 bits per heavy atom. The topological polar surface area (TPSA) is 66.4 Å². The van der Waals surface area contributed by atoms with Crippen molar-refractivity contribution < 1.29 is 14.7 Å². The minimum absolute atomic E-state index is 0.00412. The molecule has 0 radical (unpaired) electrons. The summed E-state index contributed by atoms with van der Waals surface area (Å²) in [6.07, 6.45) is 4.59. The fourth-order valence-corrected chi connectivity index (χ4v) is 4.65. The lowest BCUT2D eigenvalue weighted by Crippen LogP contribution is -2.48. The van der Waals surface area contributed by atoms with Crippen LogP contribution in [0, 0.1) is 29.6 Å². The third-order valence-corrected chi connectivity index (χ3v) is 5.78. The highest BCUT2D eigenvalue weighted by Crippen LogP contribution is 2.69. The van der Waals surface area contributed by atoms with Crippen molar-refractivity contribution in [3.05, 3.63) is 0 Å². The summed E-state index contributed by atoms with van der Waals surface area (Å²) in [7, 11) is 0. The molecule has 0 saturated heterocycles. The van der Waals surface area contributed by atoms with Crippen molar-refractivity contribution in [2.45, 2.75) is 51.5 Å². The molecule has 3 saturated carbocycles. The van der Waals surface area contributed by atoms with Gasteiger partial charge >= 0.3 is 5.97 Å². The third kappa shape index (κ3) is 2.05. The van der Waals surface area contributed by atoms with Crippen LogP contribution < -0.4 is 5.32 Å². The number of carbonyl (C=O) groups excluding carboxylic acids is 1. The van der Waals surface area contributed by atoms with Gasteiger partial charge in [0, 0.05) is 11.5 Å². The maximum absolute atomic E-state index is 12.4. The first kappa shape index (κ1) is 12.9. The first-order chi connectivity index (χ1) is 8.95. The number of nitrogens with one attached hydrogen (secondary N) is 1. The summed E-state index contributed by atoms with van der Waals surface area (Å²) in [5.41, 5.74) is -0.598. The highest BCUT2D eigenvalue weighted by Gasteiger charge is 2.67. The molecule has 106 valence electrons. The summed E-state index contributed by atoms with van der Waals surface area (Å²) in [5.74, 6) is 2.23. The van der Waals surface area contributed by atoms with Crippen molar-refractivity contribution in [3.63, 3.8) is 0 Å². The molecule has 0 heterocycles. The summed E-state index contributed by atoms with van der Waals surface area (Å²) < 4.78 is 0. The monoisotopic (exact) mass is 265 g/mol. The van der Waals surface area contributed by atoms with Crippen LogP contribution in [0.25, 0.3) is 0 Å². The van der Waals surface area contributed by atoms with E-state index in [0.717, 1.165) is 11.8 Å². The molecule has 0 aromatic carbocycles. The number of carboxylic acid groups (broad SMARTS) is 1. The fraction of sp³-hybridized carbons (Fsp3) is 0.867. The molecular formula is C15H23NO3. The minimum Gasteiger partial charge on any atom is -0.481 e. The molecule has 3 fully saturated rings. The van der Waals surface area contributed by atoms with Gasteiger partial charge in [-0.25, -0.2) is 0 Å². The van der Waals surface area contributed by atoms with Crippen molar-refractivity contribution >= 4 is 11.9 Å². The van der Waals surface area contributed by atoms with E-state index in [2.05, 4.69) is 5.32 Å². The van der Waals surface area contributed by atoms with Crippen molar-refractivity contribution in [2.24, 2.45) is 29.6 Å². The molecule has 4 heteroatoms. The predicted molar refractivity (Wildman–Crippen MR) is 70.4 cm³/mol. The lowest BCUT2D eigenvalue weighted by atomic mass is 9.93. The van der Waals surface area contributed by atoms with Crippen LogP contribution in [0.5, 0.6) is 0 Å². The van der Waals surface area contributed by atoms with Gasteiger partial charge in [-0.2, -0.15) is 0 Å². The molecule has 3 aliphatic rings. The zero-order chi connectivity index (χ0) is 13.8. The molecule has 0 aromatic rings. The number of aliphatic carboxylic acids is 1. The van der Waals surface area contributed by atoms with Crippen molar-refractivity contribution in [1.82, 2.24) is 5.32 Å². The van der Waals surface area contributed by atoms with E-state index in [1.54, 1.807) is 0 Å². The van der Waals surface area contributed by atoms with Gasteiger partial charge in [0.05, 0.1) is 6.42 Å². The lowest BCUT2D eigenvalue weighted by molar-refractivity contribution is -0.139.